The second kappa shape index (κ2) is 9.34. The number of amides is 1. The molecule has 0 aliphatic carbocycles. The van der Waals surface area contributed by atoms with Crippen molar-refractivity contribution < 1.29 is 18.0 Å². The number of nitrogens with zero attached hydrogens (tertiary/aromatic N) is 3. The second-order valence-corrected chi connectivity index (χ2v) is 9.18. The monoisotopic (exact) mass is 474 g/mol. The molecule has 4 rings (SSSR count). The van der Waals surface area contributed by atoms with Gasteiger partial charge in [0.15, 0.2) is 0 Å². The van der Waals surface area contributed by atoms with Crippen LogP contribution in [-0.2, 0) is 16.9 Å². The van der Waals surface area contributed by atoms with Gasteiger partial charge in [-0.2, -0.15) is 13.2 Å². The Morgan fingerprint density at radius 2 is 1.94 bits per heavy atom. The zero-order valence-corrected chi connectivity index (χ0v) is 19.2. The molecule has 4 N–H and O–H groups in total. The first-order valence-corrected chi connectivity index (χ1v) is 11.4. The Morgan fingerprint density at radius 3 is 2.59 bits per heavy atom. The molecule has 1 saturated heterocycles. The lowest BCUT2D eigenvalue weighted by atomic mass is 9.79. The number of nitrogens with two attached hydrogens (primary N) is 1. The van der Waals surface area contributed by atoms with Crippen molar-refractivity contribution >= 4 is 16.9 Å². The molecule has 1 aliphatic rings. The number of aromatic amines is 1. The third-order valence-electron chi connectivity index (χ3n) is 6.52. The number of pyridine rings is 2. The summed E-state index contributed by atoms with van der Waals surface area (Å²) in [5, 5.41) is 3.26. The quantitative estimate of drug-likeness (QED) is 0.462. The van der Waals surface area contributed by atoms with Crippen LogP contribution in [0, 0.1) is 5.92 Å². The number of rotatable bonds is 8. The fourth-order valence-electron chi connectivity index (χ4n) is 4.77. The Morgan fingerprint density at radius 1 is 1.21 bits per heavy atom. The Kier molecular flexibility index (Phi) is 6.64. The van der Waals surface area contributed by atoms with Crippen molar-refractivity contribution in [1.29, 1.82) is 0 Å². The molecule has 182 valence electrons. The SMILES string of the molecule is CC(C)[C@@](NCC(F)(F)F)(C(N)=O)c1cncc(-c2c[nH]c3ncc(CN4CCCC4)cc23)c1. The maximum Gasteiger partial charge on any atom is 0.401 e. The summed E-state index contributed by atoms with van der Waals surface area (Å²) in [4.78, 5) is 26.9. The first-order chi connectivity index (χ1) is 16.1. The minimum Gasteiger partial charge on any atom is -0.368 e. The molecule has 0 radical (unpaired) electrons. The van der Waals surface area contributed by atoms with E-state index in [0.717, 1.165) is 36.1 Å². The van der Waals surface area contributed by atoms with Crippen LogP contribution in [0.25, 0.3) is 22.2 Å². The molecule has 34 heavy (non-hydrogen) atoms. The largest absolute Gasteiger partial charge is 0.401 e. The molecule has 3 aromatic heterocycles. The molecule has 10 heteroatoms. The highest BCUT2D eigenvalue weighted by molar-refractivity contribution is 5.94. The standard InChI is InChI=1S/C24H29F3N6O/c1-15(2)24(22(28)34,32-14-23(25,26)27)18-8-17(10-29-11-18)20-12-31-21-19(20)7-16(9-30-21)13-33-5-3-4-6-33/h7-12,15,32H,3-6,13-14H2,1-2H3,(H2,28,34)(H,30,31)/t24-/m0/s1. The molecule has 0 spiro atoms. The summed E-state index contributed by atoms with van der Waals surface area (Å²) in [5.41, 5.74) is 7.47. The van der Waals surface area contributed by atoms with Crippen molar-refractivity contribution in [3.8, 4) is 11.1 Å². The highest BCUT2D eigenvalue weighted by atomic mass is 19.4. The number of fused-ring (bicyclic) bond motifs is 1. The molecule has 1 atom stereocenters. The van der Waals surface area contributed by atoms with Crippen LogP contribution in [0.1, 0.15) is 37.8 Å². The minimum atomic E-state index is -4.51. The highest BCUT2D eigenvalue weighted by Crippen LogP contribution is 2.35. The summed E-state index contributed by atoms with van der Waals surface area (Å²) in [6.07, 6.45) is 4.55. The number of carbonyl (C=O) groups excluding carboxylic acids is 1. The number of likely N-dealkylation sites (tertiary alicyclic amines) is 1. The van der Waals surface area contributed by atoms with Crippen molar-refractivity contribution in [3.63, 3.8) is 0 Å². The van der Waals surface area contributed by atoms with Gasteiger partial charge in [-0.1, -0.05) is 13.8 Å². The van der Waals surface area contributed by atoms with Gasteiger partial charge in [0.25, 0.3) is 0 Å². The van der Waals surface area contributed by atoms with Crippen LogP contribution < -0.4 is 11.1 Å². The van der Waals surface area contributed by atoms with E-state index in [0.29, 0.717) is 11.2 Å². The normalized spacial score (nSPS) is 16.9. The fraction of sp³-hybridized carbons (Fsp3) is 0.458. The average Bonchev–Trinajstić information content (AvgIpc) is 3.43. The molecular formula is C24H29F3N6O. The number of hydrogen-bond donors (Lipinski definition) is 3. The predicted molar refractivity (Wildman–Crippen MR) is 124 cm³/mol. The van der Waals surface area contributed by atoms with Gasteiger partial charge < -0.3 is 10.7 Å². The van der Waals surface area contributed by atoms with Gasteiger partial charge in [0.1, 0.15) is 11.2 Å². The average molecular weight is 475 g/mol. The zero-order valence-electron chi connectivity index (χ0n) is 19.2. The van der Waals surface area contributed by atoms with E-state index in [1.54, 1.807) is 32.3 Å². The molecule has 3 aromatic rings. The molecule has 1 aliphatic heterocycles. The van der Waals surface area contributed by atoms with Crippen molar-refractivity contribution in [2.24, 2.45) is 11.7 Å². The summed E-state index contributed by atoms with van der Waals surface area (Å²) in [5.74, 6) is -1.44. The molecule has 1 fully saturated rings. The number of aromatic nitrogens is 3. The summed E-state index contributed by atoms with van der Waals surface area (Å²) >= 11 is 0. The van der Waals surface area contributed by atoms with Gasteiger partial charge >= 0.3 is 6.18 Å². The number of alkyl halides is 3. The van der Waals surface area contributed by atoms with Gasteiger partial charge in [0.05, 0.1) is 6.54 Å². The molecular weight excluding hydrogens is 445 g/mol. The van der Waals surface area contributed by atoms with E-state index in [1.807, 2.05) is 6.20 Å². The van der Waals surface area contributed by atoms with E-state index in [9.17, 15) is 18.0 Å². The third-order valence-corrected chi connectivity index (χ3v) is 6.52. The van der Waals surface area contributed by atoms with Crippen LogP contribution in [0.4, 0.5) is 13.2 Å². The van der Waals surface area contributed by atoms with Crippen LogP contribution in [0.3, 0.4) is 0 Å². The van der Waals surface area contributed by atoms with Crippen LogP contribution >= 0.6 is 0 Å². The summed E-state index contributed by atoms with van der Waals surface area (Å²) < 4.78 is 39.1. The van der Waals surface area contributed by atoms with E-state index in [1.165, 1.54) is 19.0 Å². The smallest absolute Gasteiger partial charge is 0.368 e. The molecule has 0 aromatic carbocycles. The number of nitrogens with one attached hydrogen (secondary N) is 2. The predicted octanol–water partition coefficient (Wildman–Crippen LogP) is 3.71. The van der Waals surface area contributed by atoms with E-state index >= 15 is 0 Å². The fourth-order valence-corrected chi connectivity index (χ4v) is 4.77. The lowest BCUT2D eigenvalue weighted by Crippen LogP contribution is -2.58. The van der Waals surface area contributed by atoms with Gasteiger partial charge in [-0.05, 0) is 49.5 Å². The molecule has 0 unspecified atom stereocenters. The van der Waals surface area contributed by atoms with E-state index in [-0.39, 0.29) is 5.56 Å². The van der Waals surface area contributed by atoms with E-state index in [2.05, 4.69) is 31.2 Å². The van der Waals surface area contributed by atoms with Gasteiger partial charge in [-0.3, -0.25) is 20.0 Å². The van der Waals surface area contributed by atoms with Gasteiger partial charge in [-0.25, -0.2) is 4.98 Å². The molecule has 0 saturated carbocycles. The molecule has 7 nitrogen and oxygen atoms in total. The molecule has 0 bridgehead atoms. The number of halogens is 3. The first kappa shape index (κ1) is 24.2. The Hall–Kier alpha value is -2.98. The lowest BCUT2D eigenvalue weighted by molar-refractivity contribution is -0.139. The number of carbonyl (C=O) groups is 1. The molecule has 1 amide bonds. The topological polar surface area (TPSA) is 99.9 Å². The summed E-state index contributed by atoms with van der Waals surface area (Å²) in [6.45, 7) is 4.90. The number of hydrogen-bond acceptors (Lipinski definition) is 5. The maximum atomic E-state index is 13.0. The minimum absolute atomic E-state index is 0.285. The van der Waals surface area contributed by atoms with Crippen molar-refractivity contribution in [2.45, 2.75) is 44.9 Å². The maximum absolute atomic E-state index is 13.0. The Bertz CT molecular complexity index is 1170. The van der Waals surface area contributed by atoms with Crippen molar-refractivity contribution in [2.75, 3.05) is 19.6 Å². The van der Waals surface area contributed by atoms with Crippen LogP contribution in [0.5, 0.6) is 0 Å². The van der Waals surface area contributed by atoms with Gasteiger partial charge in [0, 0.05) is 53.4 Å². The van der Waals surface area contributed by atoms with Crippen LogP contribution in [0.2, 0.25) is 0 Å². The van der Waals surface area contributed by atoms with E-state index < -0.39 is 30.1 Å². The number of primary amides is 1. The second-order valence-electron chi connectivity index (χ2n) is 9.18. The van der Waals surface area contributed by atoms with Gasteiger partial charge in [0.2, 0.25) is 5.91 Å². The number of H-pyrrole nitrogens is 1. The Labute approximate surface area is 195 Å². The summed E-state index contributed by atoms with van der Waals surface area (Å²) in [6, 6.07) is 3.75. The van der Waals surface area contributed by atoms with E-state index in [4.69, 9.17) is 5.73 Å². The lowest BCUT2D eigenvalue weighted by Gasteiger charge is -2.36. The highest BCUT2D eigenvalue weighted by Gasteiger charge is 2.44. The molecule has 4 heterocycles. The summed E-state index contributed by atoms with van der Waals surface area (Å²) in [7, 11) is 0. The van der Waals surface area contributed by atoms with Gasteiger partial charge in [-0.15, -0.1) is 0 Å². The zero-order chi connectivity index (χ0) is 24.5. The first-order valence-electron chi connectivity index (χ1n) is 11.4. The van der Waals surface area contributed by atoms with Crippen molar-refractivity contribution in [3.05, 3.63) is 48.0 Å². The van der Waals surface area contributed by atoms with Crippen LogP contribution in [0.15, 0.2) is 36.9 Å². The van der Waals surface area contributed by atoms with Crippen LogP contribution in [-0.4, -0.2) is 51.6 Å². The third kappa shape index (κ3) is 4.78. The Balaban J connectivity index is 1.74. The van der Waals surface area contributed by atoms with Crippen molar-refractivity contribution in [1.82, 2.24) is 25.2 Å².